The fraction of sp³-hybridized carbons (Fsp3) is 0.238. The van der Waals surface area contributed by atoms with Gasteiger partial charge < -0.3 is 4.42 Å². The van der Waals surface area contributed by atoms with Gasteiger partial charge in [0, 0.05) is 10.8 Å². The third-order valence-corrected chi connectivity index (χ3v) is 8.74. The topological polar surface area (TPSA) is 13.1 Å². The average molecular weight is 565 g/mol. The van der Waals surface area contributed by atoms with Crippen LogP contribution in [0.3, 0.4) is 0 Å². The molecule has 1 atom stereocenters. The van der Waals surface area contributed by atoms with Crippen molar-refractivity contribution < 1.29 is 4.42 Å². The molecule has 1 unspecified atom stereocenters. The summed E-state index contributed by atoms with van der Waals surface area (Å²) < 4.78 is 6.26. The second kappa shape index (κ2) is 12.5. The monoisotopic (exact) mass is 564 g/mol. The Morgan fingerprint density at radius 2 is 1.33 bits per heavy atom. The molecular weight excluding hydrogens is 520 g/mol. The molecule has 1 heteroatoms. The molecule has 7 rings (SSSR count). The summed E-state index contributed by atoms with van der Waals surface area (Å²) in [7, 11) is 0. The highest BCUT2D eigenvalue weighted by Crippen LogP contribution is 2.63. The summed E-state index contributed by atoms with van der Waals surface area (Å²) in [5, 5.41) is 2.33. The third kappa shape index (κ3) is 4.63. The Morgan fingerprint density at radius 3 is 2.05 bits per heavy atom. The highest BCUT2D eigenvalue weighted by Gasteiger charge is 2.52. The van der Waals surface area contributed by atoms with E-state index in [-0.39, 0.29) is 5.41 Å². The first kappa shape index (κ1) is 30.1. The van der Waals surface area contributed by atoms with Crippen molar-refractivity contribution in [2.24, 2.45) is 0 Å². The normalized spacial score (nSPS) is 19.7. The Balaban J connectivity index is 0.000000885. The van der Waals surface area contributed by atoms with Gasteiger partial charge >= 0.3 is 0 Å². The molecule has 0 N–H and O–H groups in total. The minimum atomic E-state index is -0.285. The minimum absolute atomic E-state index is 0.285. The molecule has 2 aliphatic carbocycles. The van der Waals surface area contributed by atoms with Crippen LogP contribution >= 0.6 is 0 Å². The quantitative estimate of drug-likeness (QED) is 0.208. The van der Waals surface area contributed by atoms with E-state index in [2.05, 4.69) is 125 Å². The highest BCUT2D eigenvalue weighted by atomic mass is 16.3. The maximum atomic E-state index is 6.26. The molecule has 218 valence electrons. The van der Waals surface area contributed by atoms with Crippen molar-refractivity contribution in [2.75, 3.05) is 0 Å². The molecule has 0 saturated heterocycles. The van der Waals surface area contributed by atoms with Gasteiger partial charge in [0.1, 0.15) is 11.2 Å². The maximum Gasteiger partial charge on any atom is 0.136 e. The van der Waals surface area contributed by atoms with Gasteiger partial charge in [0.25, 0.3) is 0 Å². The molecule has 1 heterocycles. The van der Waals surface area contributed by atoms with Crippen LogP contribution in [0.15, 0.2) is 130 Å². The van der Waals surface area contributed by atoms with Gasteiger partial charge in [-0.25, -0.2) is 0 Å². The summed E-state index contributed by atoms with van der Waals surface area (Å²) in [6.07, 6.45) is 12.3. The molecular formula is C42H44O. The average Bonchev–Trinajstić information content (AvgIpc) is 3.69. The molecule has 1 fully saturated rings. The van der Waals surface area contributed by atoms with Gasteiger partial charge in [0.15, 0.2) is 0 Å². The van der Waals surface area contributed by atoms with Crippen LogP contribution in [0, 0.1) is 6.92 Å². The lowest BCUT2D eigenvalue weighted by atomic mass is 9.69. The van der Waals surface area contributed by atoms with Crippen molar-refractivity contribution in [3.63, 3.8) is 0 Å². The summed E-state index contributed by atoms with van der Waals surface area (Å²) in [6.45, 7) is 16.7. The number of fused-ring (bicyclic) bond motifs is 8. The van der Waals surface area contributed by atoms with E-state index in [1.165, 1.54) is 61.0 Å². The molecule has 0 amide bonds. The zero-order valence-corrected chi connectivity index (χ0v) is 27.0. The number of para-hydroxylation sites is 1. The summed E-state index contributed by atoms with van der Waals surface area (Å²) in [5.74, 6) is 0. The molecule has 0 aliphatic heterocycles. The van der Waals surface area contributed by atoms with Crippen molar-refractivity contribution in [3.05, 3.63) is 143 Å². The number of benzene rings is 4. The van der Waals surface area contributed by atoms with Gasteiger partial charge in [0.05, 0.1) is 5.41 Å². The van der Waals surface area contributed by atoms with Crippen LogP contribution in [0.4, 0.5) is 0 Å². The lowest BCUT2D eigenvalue weighted by molar-refractivity contribution is 0.669. The summed E-state index contributed by atoms with van der Waals surface area (Å²) >= 11 is 0. The third-order valence-electron chi connectivity index (χ3n) is 8.74. The highest BCUT2D eigenvalue weighted by molar-refractivity contribution is 6.06. The fourth-order valence-corrected chi connectivity index (χ4v) is 7.06. The first-order chi connectivity index (χ1) is 21.1. The van der Waals surface area contributed by atoms with Crippen LogP contribution in [0.1, 0.15) is 71.6 Å². The Kier molecular flexibility index (Phi) is 8.74. The number of hydrogen-bond acceptors (Lipinski definition) is 1. The summed E-state index contributed by atoms with van der Waals surface area (Å²) in [4.78, 5) is 0. The van der Waals surface area contributed by atoms with Gasteiger partial charge in [-0.15, -0.1) is 0 Å². The van der Waals surface area contributed by atoms with Crippen molar-refractivity contribution in [3.8, 4) is 22.3 Å². The fourth-order valence-electron chi connectivity index (χ4n) is 7.06. The first-order valence-electron chi connectivity index (χ1n) is 15.9. The van der Waals surface area contributed by atoms with Crippen molar-refractivity contribution >= 4 is 21.9 Å². The van der Waals surface area contributed by atoms with E-state index in [1.807, 2.05) is 39.8 Å². The SMILES string of the molecule is C/C=C\C=C1/CC(=C/C)/C(=C\C)C12c1cc(C)ccc1-c1ccc(-c3ccc4c(c3)oc3ccccc34)cc12.CC.CC. The Hall–Kier alpha value is -4.36. The van der Waals surface area contributed by atoms with Crippen LogP contribution in [0.2, 0.25) is 0 Å². The van der Waals surface area contributed by atoms with Crippen molar-refractivity contribution in [1.82, 2.24) is 0 Å². The summed E-state index contributed by atoms with van der Waals surface area (Å²) in [6, 6.07) is 29.0. The van der Waals surface area contributed by atoms with Gasteiger partial charge in [-0.1, -0.05) is 118 Å². The zero-order chi connectivity index (χ0) is 30.7. The van der Waals surface area contributed by atoms with Crippen molar-refractivity contribution in [2.45, 2.75) is 67.2 Å². The zero-order valence-electron chi connectivity index (χ0n) is 27.0. The lowest BCUT2D eigenvalue weighted by Crippen LogP contribution is -2.26. The number of aryl methyl sites for hydroxylation is 1. The molecule has 5 aromatic rings. The van der Waals surface area contributed by atoms with Gasteiger partial charge in [-0.05, 0) is 108 Å². The second-order valence-electron chi connectivity index (χ2n) is 10.8. The second-order valence-corrected chi connectivity index (χ2v) is 10.8. The predicted octanol–water partition coefficient (Wildman–Crippen LogP) is 12.7. The smallest absolute Gasteiger partial charge is 0.136 e. The molecule has 43 heavy (non-hydrogen) atoms. The molecule has 1 aromatic heterocycles. The van der Waals surface area contributed by atoms with Crippen molar-refractivity contribution in [1.29, 1.82) is 0 Å². The molecule has 1 saturated carbocycles. The largest absolute Gasteiger partial charge is 0.456 e. The van der Waals surface area contributed by atoms with E-state index in [0.29, 0.717) is 0 Å². The van der Waals surface area contributed by atoms with Crippen LogP contribution < -0.4 is 0 Å². The Morgan fingerprint density at radius 1 is 0.674 bits per heavy atom. The standard InChI is InChI=1S/C38H32O.2C2H6/c1-5-8-11-28-21-25(6-2)33(7-3)38(28)34-20-24(4)14-17-29(34)30-18-15-26(22-35(30)38)27-16-19-32-31-12-9-10-13-36(31)39-37(32)23-27;2*1-2/h5-20,22-23H,21H2,1-4H3;2*1-2H3/b8-5-,25-6-,28-11+,33-7+;;. The van der Waals surface area contributed by atoms with E-state index < -0.39 is 0 Å². The first-order valence-corrected chi connectivity index (χ1v) is 15.9. The molecule has 2 aliphatic rings. The number of furan rings is 1. The van der Waals surface area contributed by atoms with Crippen LogP contribution in [-0.2, 0) is 5.41 Å². The molecule has 0 radical (unpaired) electrons. The number of rotatable bonds is 2. The lowest BCUT2D eigenvalue weighted by Gasteiger charge is -2.32. The summed E-state index contributed by atoms with van der Waals surface area (Å²) in [5.41, 5.74) is 15.0. The Bertz CT molecular complexity index is 1920. The van der Waals surface area contributed by atoms with Gasteiger partial charge in [-0.3, -0.25) is 0 Å². The van der Waals surface area contributed by atoms with Crippen LogP contribution in [-0.4, -0.2) is 0 Å². The number of hydrogen-bond donors (Lipinski definition) is 0. The maximum absolute atomic E-state index is 6.26. The minimum Gasteiger partial charge on any atom is -0.456 e. The van der Waals surface area contributed by atoms with E-state index in [4.69, 9.17) is 4.42 Å². The van der Waals surface area contributed by atoms with E-state index in [9.17, 15) is 0 Å². The predicted molar refractivity (Wildman–Crippen MR) is 188 cm³/mol. The van der Waals surface area contributed by atoms with Gasteiger partial charge in [-0.2, -0.15) is 0 Å². The van der Waals surface area contributed by atoms with E-state index >= 15 is 0 Å². The van der Waals surface area contributed by atoms with E-state index in [1.54, 1.807) is 0 Å². The Labute approximate surface area is 258 Å². The number of allylic oxidation sites excluding steroid dienone is 8. The van der Waals surface area contributed by atoms with Crippen LogP contribution in [0.25, 0.3) is 44.2 Å². The van der Waals surface area contributed by atoms with Crippen LogP contribution in [0.5, 0.6) is 0 Å². The molecule has 4 aromatic carbocycles. The molecule has 0 bridgehead atoms. The van der Waals surface area contributed by atoms with E-state index in [0.717, 1.165) is 23.0 Å². The molecule has 1 nitrogen and oxygen atoms in total. The van der Waals surface area contributed by atoms with Gasteiger partial charge in [0.2, 0.25) is 0 Å². The molecule has 1 spiro atoms.